The summed E-state index contributed by atoms with van der Waals surface area (Å²) in [6, 6.07) is 1.40. The third-order valence-corrected chi connectivity index (χ3v) is 7.36. The zero-order valence-electron chi connectivity index (χ0n) is 9.45. The Balaban J connectivity index is 2.08. The first-order valence-corrected chi connectivity index (χ1v) is 8.96. The molecule has 1 aliphatic rings. The first kappa shape index (κ1) is 14.7. The van der Waals surface area contributed by atoms with Gasteiger partial charge in [-0.15, -0.1) is 11.3 Å². The van der Waals surface area contributed by atoms with Crippen LogP contribution in [-0.4, -0.2) is 25.7 Å². The second-order valence-electron chi connectivity index (χ2n) is 4.44. The Morgan fingerprint density at radius 3 is 2.61 bits per heavy atom. The number of halogens is 2. The Hall–Kier alpha value is 0.340. The molecule has 1 aromatic heterocycles. The van der Waals surface area contributed by atoms with Gasteiger partial charge in [0.25, 0.3) is 0 Å². The van der Waals surface area contributed by atoms with Crippen molar-refractivity contribution >= 4 is 48.9 Å². The zero-order chi connectivity index (χ0) is 13.4. The Labute approximate surface area is 124 Å². The predicted octanol–water partition coefficient (Wildman–Crippen LogP) is 2.75. The fourth-order valence-electron chi connectivity index (χ4n) is 1.97. The second-order valence-corrected chi connectivity index (χ2v) is 9.21. The highest BCUT2D eigenvalue weighted by atomic mass is 79.9. The molecule has 1 aromatic rings. The lowest BCUT2D eigenvalue weighted by atomic mass is 10.0. The molecule has 18 heavy (non-hydrogen) atoms. The SMILES string of the molecule is O=S(=O)(NCC1(O)CCCC1)c1cc(Cl)c(Br)s1. The Morgan fingerprint density at radius 2 is 2.11 bits per heavy atom. The summed E-state index contributed by atoms with van der Waals surface area (Å²) >= 11 is 10.0. The number of sulfonamides is 1. The zero-order valence-corrected chi connectivity index (χ0v) is 13.4. The third-order valence-electron chi connectivity index (χ3n) is 3.01. The van der Waals surface area contributed by atoms with Crippen LogP contribution in [-0.2, 0) is 10.0 Å². The van der Waals surface area contributed by atoms with Gasteiger partial charge in [-0.1, -0.05) is 24.4 Å². The lowest BCUT2D eigenvalue weighted by Crippen LogP contribution is -2.40. The van der Waals surface area contributed by atoms with E-state index in [9.17, 15) is 13.5 Å². The first-order valence-electron chi connectivity index (χ1n) is 5.49. The van der Waals surface area contributed by atoms with E-state index in [1.54, 1.807) is 0 Å². The van der Waals surface area contributed by atoms with Gasteiger partial charge < -0.3 is 5.11 Å². The largest absolute Gasteiger partial charge is 0.389 e. The molecule has 0 radical (unpaired) electrons. The maximum Gasteiger partial charge on any atom is 0.250 e. The number of hydrogen-bond acceptors (Lipinski definition) is 4. The Morgan fingerprint density at radius 1 is 1.50 bits per heavy atom. The van der Waals surface area contributed by atoms with E-state index in [0.717, 1.165) is 24.2 Å². The van der Waals surface area contributed by atoms with Crippen LogP contribution in [0.3, 0.4) is 0 Å². The van der Waals surface area contributed by atoms with Gasteiger partial charge in [0.2, 0.25) is 10.0 Å². The van der Waals surface area contributed by atoms with Crippen LogP contribution in [0.2, 0.25) is 5.02 Å². The number of hydrogen-bond donors (Lipinski definition) is 2. The van der Waals surface area contributed by atoms with Crippen molar-refractivity contribution in [2.75, 3.05) is 6.54 Å². The molecule has 0 aromatic carbocycles. The van der Waals surface area contributed by atoms with Crippen molar-refractivity contribution in [3.63, 3.8) is 0 Å². The average molecular weight is 375 g/mol. The third kappa shape index (κ3) is 3.26. The summed E-state index contributed by atoms with van der Waals surface area (Å²) in [4.78, 5) is 0. The molecule has 8 heteroatoms. The highest BCUT2D eigenvalue weighted by molar-refractivity contribution is 9.11. The van der Waals surface area contributed by atoms with Gasteiger partial charge in [0.05, 0.1) is 14.4 Å². The lowest BCUT2D eigenvalue weighted by molar-refractivity contribution is 0.0532. The van der Waals surface area contributed by atoms with Crippen molar-refractivity contribution in [1.82, 2.24) is 4.72 Å². The fraction of sp³-hybridized carbons (Fsp3) is 0.600. The van der Waals surface area contributed by atoms with Gasteiger partial charge in [0, 0.05) is 6.54 Å². The summed E-state index contributed by atoms with van der Waals surface area (Å²) in [5.74, 6) is 0. The van der Waals surface area contributed by atoms with E-state index in [0.29, 0.717) is 21.7 Å². The summed E-state index contributed by atoms with van der Waals surface area (Å²) in [5, 5.41) is 10.5. The van der Waals surface area contributed by atoms with Crippen LogP contribution < -0.4 is 4.72 Å². The summed E-state index contributed by atoms with van der Waals surface area (Å²) in [5.41, 5.74) is -0.897. The molecule has 1 fully saturated rings. The van der Waals surface area contributed by atoms with Crippen LogP contribution >= 0.6 is 38.9 Å². The highest BCUT2D eigenvalue weighted by Crippen LogP contribution is 2.35. The fourth-order valence-corrected chi connectivity index (χ4v) is 5.53. The van der Waals surface area contributed by atoms with Crippen LogP contribution in [0, 0.1) is 0 Å². The smallest absolute Gasteiger partial charge is 0.250 e. The van der Waals surface area contributed by atoms with E-state index < -0.39 is 15.6 Å². The summed E-state index contributed by atoms with van der Waals surface area (Å²) in [6.45, 7) is 0.0580. The van der Waals surface area contributed by atoms with Crippen molar-refractivity contribution in [1.29, 1.82) is 0 Å². The molecule has 2 rings (SSSR count). The lowest BCUT2D eigenvalue weighted by Gasteiger charge is -2.21. The maximum atomic E-state index is 12.0. The number of rotatable bonds is 4. The number of nitrogens with one attached hydrogen (secondary N) is 1. The minimum absolute atomic E-state index is 0.0580. The van der Waals surface area contributed by atoms with Crippen LogP contribution in [0.15, 0.2) is 14.1 Å². The molecule has 1 saturated carbocycles. The van der Waals surface area contributed by atoms with Crippen molar-refractivity contribution < 1.29 is 13.5 Å². The monoisotopic (exact) mass is 373 g/mol. The topological polar surface area (TPSA) is 66.4 Å². The molecule has 0 unspecified atom stereocenters. The van der Waals surface area contributed by atoms with E-state index in [-0.39, 0.29) is 10.8 Å². The molecule has 0 atom stereocenters. The van der Waals surface area contributed by atoms with E-state index in [2.05, 4.69) is 20.7 Å². The summed E-state index contributed by atoms with van der Waals surface area (Å²) in [7, 11) is -3.59. The minimum atomic E-state index is -3.59. The van der Waals surface area contributed by atoms with Crippen molar-refractivity contribution in [3.05, 3.63) is 14.9 Å². The molecule has 2 N–H and O–H groups in total. The van der Waals surface area contributed by atoms with Crippen molar-refractivity contribution in [3.8, 4) is 0 Å². The Bertz CT molecular complexity index is 518. The van der Waals surface area contributed by atoms with Gasteiger partial charge in [0.1, 0.15) is 4.21 Å². The molecule has 0 aliphatic heterocycles. The van der Waals surface area contributed by atoms with Gasteiger partial charge in [-0.2, -0.15) is 0 Å². The van der Waals surface area contributed by atoms with E-state index in [1.165, 1.54) is 6.07 Å². The average Bonchev–Trinajstić information content (AvgIpc) is 2.86. The van der Waals surface area contributed by atoms with Crippen LogP contribution in [0.1, 0.15) is 25.7 Å². The standard InChI is InChI=1S/C10H13BrClNO3S2/c11-9-7(12)5-8(17-9)18(15,16)13-6-10(14)3-1-2-4-10/h5,13-14H,1-4,6H2. The first-order chi connectivity index (χ1) is 8.32. The van der Waals surface area contributed by atoms with E-state index >= 15 is 0 Å². The van der Waals surface area contributed by atoms with Crippen LogP contribution in [0.4, 0.5) is 0 Å². The second kappa shape index (κ2) is 5.38. The van der Waals surface area contributed by atoms with Gasteiger partial charge in [0.15, 0.2) is 0 Å². The Kier molecular flexibility index (Phi) is 4.40. The molecule has 102 valence electrons. The van der Waals surface area contributed by atoms with Crippen LogP contribution in [0.25, 0.3) is 0 Å². The molecular weight excluding hydrogens is 362 g/mol. The van der Waals surface area contributed by atoms with Gasteiger partial charge in [-0.3, -0.25) is 0 Å². The molecule has 1 heterocycles. The van der Waals surface area contributed by atoms with Crippen molar-refractivity contribution in [2.45, 2.75) is 35.5 Å². The van der Waals surface area contributed by atoms with E-state index in [1.807, 2.05) is 0 Å². The van der Waals surface area contributed by atoms with Crippen LogP contribution in [0.5, 0.6) is 0 Å². The van der Waals surface area contributed by atoms with Gasteiger partial charge in [-0.05, 0) is 34.8 Å². The van der Waals surface area contributed by atoms with E-state index in [4.69, 9.17) is 11.6 Å². The molecule has 1 aliphatic carbocycles. The van der Waals surface area contributed by atoms with Gasteiger partial charge >= 0.3 is 0 Å². The molecular formula is C10H13BrClNO3S2. The molecule has 0 spiro atoms. The molecule has 0 saturated heterocycles. The highest BCUT2D eigenvalue weighted by Gasteiger charge is 2.33. The molecule has 0 amide bonds. The maximum absolute atomic E-state index is 12.0. The summed E-state index contributed by atoms with van der Waals surface area (Å²) < 4.78 is 27.2. The quantitative estimate of drug-likeness (QED) is 0.851. The van der Waals surface area contributed by atoms with Gasteiger partial charge in [-0.25, -0.2) is 13.1 Å². The number of aliphatic hydroxyl groups is 1. The number of thiophene rings is 1. The predicted molar refractivity (Wildman–Crippen MR) is 75.6 cm³/mol. The molecule has 4 nitrogen and oxygen atoms in total. The summed E-state index contributed by atoms with van der Waals surface area (Å²) in [6.07, 6.45) is 3.16. The normalized spacial score (nSPS) is 19.3. The minimum Gasteiger partial charge on any atom is -0.389 e. The molecule has 0 bridgehead atoms. The van der Waals surface area contributed by atoms with Crippen molar-refractivity contribution in [2.24, 2.45) is 0 Å².